The maximum Gasteiger partial charge on any atom is 0.343 e. The topological polar surface area (TPSA) is 165 Å². The predicted molar refractivity (Wildman–Crippen MR) is 130 cm³/mol. The predicted octanol–water partition coefficient (Wildman–Crippen LogP) is 3.84. The van der Waals surface area contributed by atoms with Gasteiger partial charge in [0.15, 0.2) is 28.8 Å². The quantitative estimate of drug-likeness (QED) is 0.220. The van der Waals surface area contributed by atoms with Crippen molar-refractivity contribution in [3.63, 3.8) is 0 Å². The molecule has 0 saturated heterocycles. The average molecular weight is 510 g/mol. The molecule has 0 fully saturated rings. The number of phenols is 4. The van der Waals surface area contributed by atoms with Crippen molar-refractivity contribution in [2.75, 3.05) is 21.3 Å². The summed E-state index contributed by atoms with van der Waals surface area (Å²) < 4.78 is 27.3. The van der Waals surface area contributed by atoms with Crippen LogP contribution in [0.15, 0.2) is 45.6 Å². The lowest BCUT2D eigenvalue weighted by Gasteiger charge is -2.16. The lowest BCUT2D eigenvalue weighted by Crippen LogP contribution is -2.16. The lowest BCUT2D eigenvalue weighted by atomic mass is 10.1. The molecule has 0 bridgehead atoms. The van der Waals surface area contributed by atoms with E-state index in [1.807, 2.05) is 0 Å². The van der Waals surface area contributed by atoms with E-state index in [1.165, 1.54) is 46.5 Å². The number of methoxy groups -OCH3 is 3. The largest absolute Gasteiger partial charge is 0.508 e. The third kappa shape index (κ3) is 4.38. The van der Waals surface area contributed by atoms with Gasteiger partial charge in [0.1, 0.15) is 22.5 Å². The van der Waals surface area contributed by atoms with Crippen molar-refractivity contribution in [2.24, 2.45) is 0 Å². The van der Waals surface area contributed by atoms with Crippen LogP contribution in [0.5, 0.6) is 46.0 Å². The highest BCUT2D eigenvalue weighted by atomic mass is 16.5. The summed E-state index contributed by atoms with van der Waals surface area (Å²) in [5, 5.41) is 39.6. The van der Waals surface area contributed by atoms with Gasteiger partial charge < -0.3 is 43.8 Å². The number of ether oxygens (including phenoxy) is 4. The van der Waals surface area contributed by atoms with E-state index in [-0.39, 0.29) is 56.4 Å². The molecule has 1 aromatic heterocycles. The van der Waals surface area contributed by atoms with Crippen molar-refractivity contribution in [3.8, 4) is 57.3 Å². The number of carbonyl (C=O) groups is 1. The summed E-state index contributed by atoms with van der Waals surface area (Å²) in [5.74, 6) is -3.20. The molecule has 0 aliphatic rings. The molecule has 11 nitrogen and oxygen atoms in total. The first-order valence-electron chi connectivity index (χ1n) is 10.7. The molecule has 3 aromatic carbocycles. The van der Waals surface area contributed by atoms with Gasteiger partial charge in [0, 0.05) is 17.7 Å². The molecule has 4 rings (SSSR count). The Hall–Kier alpha value is -5.06. The number of hydrogen-bond acceptors (Lipinski definition) is 11. The maximum atomic E-state index is 13.5. The zero-order valence-electron chi connectivity index (χ0n) is 20.1. The van der Waals surface area contributed by atoms with Gasteiger partial charge in [-0.05, 0) is 36.8 Å². The van der Waals surface area contributed by atoms with Crippen molar-refractivity contribution in [2.45, 2.75) is 6.92 Å². The van der Waals surface area contributed by atoms with Gasteiger partial charge in [-0.15, -0.1) is 0 Å². The third-order valence-corrected chi connectivity index (χ3v) is 5.56. The SMILES string of the molecule is COc1cc(-c2oc3cc(O)cc(O)c3c(=O)c2OC(=O)c2cc(C)c(O)c(O)c2)cc(OC)c1OC. The molecule has 0 spiro atoms. The Balaban J connectivity index is 2.00. The van der Waals surface area contributed by atoms with Gasteiger partial charge in [-0.25, -0.2) is 4.79 Å². The van der Waals surface area contributed by atoms with E-state index < -0.39 is 34.4 Å². The summed E-state index contributed by atoms with van der Waals surface area (Å²) in [6.45, 7) is 1.46. The smallest absolute Gasteiger partial charge is 0.343 e. The number of rotatable bonds is 6. The number of esters is 1. The van der Waals surface area contributed by atoms with E-state index in [1.54, 1.807) is 0 Å². The molecule has 11 heteroatoms. The summed E-state index contributed by atoms with van der Waals surface area (Å²) in [6.07, 6.45) is 0. The Kier molecular flexibility index (Phi) is 6.45. The normalized spacial score (nSPS) is 10.8. The zero-order chi connectivity index (χ0) is 27.0. The molecule has 0 aliphatic heterocycles. The van der Waals surface area contributed by atoms with Gasteiger partial charge in [-0.2, -0.15) is 0 Å². The van der Waals surface area contributed by atoms with Crippen LogP contribution >= 0.6 is 0 Å². The van der Waals surface area contributed by atoms with Crippen molar-refractivity contribution in [3.05, 3.63) is 57.7 Å². The minimum absolute atomic E-state index is 0.168. The summed E-state index contributed by atoms with van der Waals surface area (Å²) in [5.41, 5.74) is -0.919. The standard InChI is InChI=1S/C26H22O11/c1-11-5-13(6-16(29)21(11)30)26(32)37-25-22(31)20-15(28)9-14(27)10-17(20)36-23(25)12-7-18(33-2)24(35-4)19(8-12)34-3/h5-10,27-30H,1-4H3. The van der Waals surface area contributed by atoms with Gasteiger partial charge in [0.05, 0.1) is 26.9 Å². The highest BCUT2D eigenvalue weighted by Gasteiger charge is 2.26. The van der Waals surface area contributed by atoms with E-state index in [0.717, 1.165) is 18.2 Å². The number of aryl methyl sites for hydroxylation is 1. The molecule has 0 saturated carbocycles. The highest BCUT2D eigenvalue weighted by molar-refractivity contribution is 5.95. The molecule has 4 aromatic rings. The summed E-state index contributed by atoms with van der Waals surface area (Å²) in [6, 6.07) is 7.18. The van der Waals surface area contributed by atoms with Crippen LogP contribution in [0.3, 0.4) is 0 Å². The molecule has 0 unspecified atom stereocenters. The van der Waals surface area contributed by atoms with Crippen molar-refractivity contribution in [1.29, 1.82) is 0 Å². The molecular weight excluding hydrogens is 488 g/mol. The van der Waals surface area contributed by atoms with Gasteiger partial charge in [0.2, 0.25) is 16.9 Å². The Labute approximate surface area is 209 Å². The van der Waals surface area contributed by atoms with Gasteiger partial charge in [-0.3, -0.25) is 4.79 Å². The first kappa shape index (κ1) is 25.0. The second kappa shape index (κ2) is 9.53. The maximum absolute atomic E-state index is 13.5. The van der Waals surface area contributed by atoms with Crippen molar-refractivity contribution in [1.82, 2.24) is 0 Å². The van der Waals surface area contributed by atoms with Crippen LogP contribution < -0.4 is 24.4 Å². The molecule has 0 atom stereocenters. The van der Waals surface area contributed by atoms with Crippen LogP contribution in [-0.4, -0.2) is 47.7 Å². The number of hydrogen-bond donors (Lipinski definition) is 4. The van der Waals surface area contributed by atoms with Crippen LogP contribution in [0.25, 0.3) is 22.3 Å². The Morgan fingerprint density at radius 2 is 1.46 bits per heavy atom. The minimum Gasteiger partial charge on any atom is -0.508 e. The summed E-state index contributed by atoms with van der Waals surface area (Å²) in [7, 11) is 4.17. The van der Waals surface area contributed by atoms with E-state index in [0.29, 0.717) is 0 Å². The zero-order valence-corrected chi connectivity index (χ0v) is 20.1. The summed E-state index contributed by atoms with van der Waals surface area (Å²) >= 11 is 0. The number of fused-ring (bicyclic) bond motifs is 1. The van der Waals surface area contributed by atoms with Crippen molar-refractivity contribution < 1.29 is 48.6 Å². The monoisotopic (exact) mass is 510 g/mol. The molecule has 4 N–H and O–H groups in total. The van der Waals surface area contributed by atoms with E-state index in [9.17, 15) is 30.0 Å². The summed E-state index contributed by atoms with van der Waals surface area (Å²) in [4.78, 5) is 26.5. The average Bonchev–Trinajstić information content (AvgIpc) is 2.86. The highest BCUT2D eigenvalue weighted by Crippen LogP contribution is 2.44. The molecular formula is C26H22O11. The van der Waals surface area contributed by atoms with Gasteiger partial charge >= 0.3 is 5.97 Å². The number of phenolic OH excluding ortho intramolecular Hbond substituents is 4. The van der Waals surface area contributed by atoms with E-state index in [2.05, 4.69) is 0 Å². The van der Waals surface area contributed by atoms with Crippen LogP contribution in [0.1, 0.15) is 15.9 Å². The third-order valence-electron chi connectivity index (χ3n) is 5.56. The molecule has 0 radical (unpaired) electrons. The van der Waals surface area contributed by atoms with E-state index >= 15 is 0 Å². The van der Waals surface area contributed by atoms with Gasteiger partial charge in [0.25, 0.3) is 0 Å². The molecule has 0 amide bonds. The molecule has 192 valence electrons. The number of carbonyl (C=O) groups excluding carboxylic acids is 1. The number of benzene rings is 3. The fraction of sp³-hybridized carbons (Fsp3) is 0.154. The molecule has 37 heavy (non-hydrogen) atoms. The minimum atomic E-state index is -1.06. The van der Waals surface area contributed by atoms with E-state index in [4.69, 9.17) is 23.4 Å². The molecule has 1 heterocycles. The second-order valence-electron chi connectivity index (χ2n) is 7.89. The Morgan fingerprint density at radius 1 is 0.811 bits per heavy atom. The van der Waals surface area contributed by atoms with Crippen LogP contribution in [-0.2, 0) is 0 Å². The first-order valence-corrected chi connectivity index (χ1v) is 10.7. The van der Waals surface area contributed by atoms with Crippen LogP contribution in [0, 0.1) is 6.92 Å². The Bertz CT molecular complexity index is 1550. The fourth-order valence-corrected chi connectivity index (χ4v) is 3.79. The fourth-order valence-electron chi connectivity index (χ4n) is 3.79. The second-order valence-corrected chi connectivity index (χ2v) is 7.89. The van der Waals surface area contributed by atoms with Gasteiger partial charge in [-0.1, -0.05) is 0 Å². The first-order chi connectivity index (χ1) is 17.6. The Morgan fingerprint density at radius 3 is 2.03 bits per heavy atom. The number of aromatic hydroxyl groups is 4. The van der Waals surface area contributed by atoms with Crippen molar-refractivity contribution >= 4 is 16.9 Å². The van der Waals surface area contributed by atoms with Crippen LogP contribution in [0.2, 0.25) is 0 Å². The lowest BCUT2D eigenvalue weighted by molar-refractivity contribution is 0.0730. The molecule has 0 aliphatic carbocycles. The van der Waals surface area contributed by atoms with Crippen LogP contribution in [0.4, 0.5) is 0 Å².